The highest BCUT2D eigenvalue weighted by Gasteiger charge is 2.44. The van der Waals surface area contributed by atoms with Crippen molar-refractivity contribution in [1.29, 1.82) is 0 Å². The third kappa shape index (κ3) is 8.78. The summed E-state index contributed by atoms with van der Waals surface area (Å²) in [6.45, 7) is 5.40. The smallest absolute Gasteiger partial charge is 0.408 e. The lowest BCUT2D eigenvalue weighted by molar-refractivity contribution is -0.163. The van der Waals surface area contributed by atoms with Gasteiger partial charge in [-0.25, -0.2) is 19.4 Å². The zero-order valence-corrected chi connectivity index (χ0v) is 23.3. The predicted octanol–water partition coefficient (Wildman–Crippen LogP) is 1.84. The molecule has 1 aliphatic heterocycles. The van der Waals surface area contributed by atoms with Gasteiger partial charge in [-0.15, -0.1) is 0 Å². The molecule has 2 aromatic rings. The van der Waals surface area contributed by atoms with Crippen LogP contribution in [0.25, 0.3) is 0 Å². The molecule has 1 heterocycles. The van der Waals surface area contributed by atoms with E-state index in [0.717, 1.165) is 23.1 Å². The van der Waals surface area contributed by atoms with Crippen LogP contribution in [0.4, 0.5) is 9.59 Å². The molecule has 5 amide bonds. The van der Waals surface area contributed by atoms with Crippen molar-refractivity contribution < 1.29 is 33.4 Å². The molecule has 0 radical (unpaired) electrons. The molecule has 4 N–H and O–H groups in total. The van der Waals surface area contributed by atoms with Crippen LogP contribution in [0.5, 0.6) is 0 Å². The van der Waals surface area contributed by atoms with Crippen molar-refractivity contribution in [1.82, 2.24) is 20.7 Å². The molecule has 13 nitrogen and oxygen atoms in total. The summed E-state index contributed by atoms with van der Waals surface area (Å²) in [6.07, 6.45) is 0.656. The molecule has 0 aliphatic carbocycles. The van der Waals surface area contributed by atoms with E-state index in [2.05, 4.69) is 15.7 Å². The lowest BCUT2D eigenvalue weighted by Gasteiger charge is -2.32. The Hall–Kier alpha value is -4.94. The number of imide groups is 1. The van der Waals surface area contributed by atoms with E-state index in [1.807, 2.05) is 6.07 Å². The molecule has 13 heteroatoms. The molecule has 0 saturated carbocycles. The molecule has 218 valence electrons. The Labute approximate surface area is 237 Å². The van der Waals surface area contributed by atoms with Crippen molar-refractivity contribution in [3.63, 3.8) is 0 Å². The lowest BCUT2D eigenvalue weighted by Crippen LogP contribution is -2.57. The largest absolute Gasteiger partial charge is 0.458 e. The number of urea groups is 1. The highest BCUT2D eigenvalue weighted by molar-refractivity contribution is 6.05. The van der Waals surface area contributed by atoms with Crippen LogP contribution in [0.15, 0.2) is 59.7 Å². The Morgan fingerprint density at radius 3 is 2.34 bits per heavy atom. The van der Waals surface area contributed by atoms with Gasteiger partial charge in [-0.1, -0.05) is 54.6 Å². The van der Waals surface area contributed by atoms with Gasteiger partial charge in [0.1, 0.15) is 24.3 Å². The normalized spacial score (nSPS) is 15.8. The summed E-state index contributed by atoms with van der Waals surface area (Å²) in [5.74, 6) is 2.86. The van der Waals surface area contributed by atoms with E-state index < -0.39 is 54.1 Å². The number of nitrogens with one attached hydrogen (secondary N) is 2. The van der Waals surface area contributed by atoms with Crippen LogP contribution in [-0.2, 0) is 36.9 Å². The van der Waals surface area contributed by atoms with E-state index in [9.17, 15) is 24.0 Å². The number of rotatable bonds is 10. The number of ether oxygens (including phenoxy) is 2. The molecule has 0 spiro atoms. The van der Waals surface area contributed by atoms with Crippen molar-refractivity contribution in [3.8, 4) is 0 Å². The number of carbonyl (C=O) groups is 5. The van der Waals surface area contributed by atoms with E-state index in [1.165, 1.54) is 6.21 Å². The monoisotopic (exact) mass is 566 g/mol. The van der Waals surface area contributed by atoms with E-state index in [0.29, 0.717) is 10.6 Å². The van der Waals surface area contributed by atoms with Crippen molar-refractivity contribution in [2.45, 2.75) is 58.4 Å². The second-order valence-corrected chi connectivity index (χ2v) is 10.3. The molecule has 0 unspecified atom stereocenters. The highest BCUT2D eigenvalue weighted by atomic mass is 16.6. The number of amides is 5. The molecule has 0 aromatic heterocycles. The minimum atomic E-state index is -1.46. The first-order chi connectivity index (χ1) is 19.4. The summed E-state index contributed by atoms with van der Waals surface area (Å²) in [7, 11) is 0. The number of hydrogen-bond donors (Lipinski definition) is 3. The maximum absolute atomic E-state index is 13.3. The third-order valence-electron chi connectivity index (χ3n) is 5.80. The standard InChI is InChI=1S/C28H34N6O7/c1-18(35)33(34-24(36)22(31-26(34)38)14-19-10-12-20(13-11-19)15-30-29)16-23(25(37)41-28(2,3)4)32-27(39)40-17-21-8-6-5-7-9-21/h5-13,15,22-23H,14,16-17,29H2,1-4H3,(H,31,38)(H,32,39)/t22-,23+/m1/s1. The molecule has 0 bridgehead atoms. The minimum absolute atomic E-state index is 0.0706. The number of nitrogens with two attached hydrogens (primary N) is 1. The molecular weight excluding hydrogens is 532 g/mol. The molecule has 3 rings (SSSR count). The van der Waals surface area contributed by atoms with Crippen LogP contribution in [0.3, 0.4) is 0 Å². The van der Waals surface area contributed by atoms with E-state index in [-0.39, 0.29) is 13.0 Å². The summed E-state index contributed by atoms with van der Waals surface area (Å²) in [4.78, 5) is 64.4. The first-order valence-corrected chi connectivity index (χ1v) is 12.8. The number of alkyl carbamates (subject to hydrolysis) is 1. The van der Waals surface area contributed by atoms with Gasteiger partial charge in [0, 0.05) is 13.3 Å². The van der Waals surface area contributed by atoms with Crippen molar-refractivity contribution >= 4 is 36.1 Å². The quantitative estimate of drug-likeness (QED) is 0.128. The number of hydrogen-bond acceptors (Lipinski definition) is 9. The Bertz CT molecular complexity index is 1290. The topological polar surface area (TPSA) is 173 Å². The maximum atomic E-state index is 13.3. The van der Waals surface area contributed by atoms with Gasteiger partial charge in [-0.2, -0.15) is 10.1 Å². The summed E-state index contributed by atoms with van der Waals surface area (Å²) < 4.78 is 10.6. The highest BCUT2D eigenvalue weighted by Crippen LogP contribution is 2.17. The summed E-state index contributed by atoms with van der Waals surface area (Å²) in [5, 5.41) is 9.85. The number of benzene rings is 2. The molecule has 41 heavy (non-hydrogen) atoms. The Kier molecular flexibility index (Phi) is 10.0. The van der Waals surface area contributed by atoms with Gasteiger partial charge in [0.2, 0.25) is 5.91 Å². The Morgan fingerprint density at radius 1 is 1.10 bits per heavy atom. The van der Waals surface area contributed by atoms with Gasteiger partial charge in [0.15, 0.2) is 0 Å². The van der Waals surface area contributed by atoms with Crippen LogP contribution < -0.4 is 16.5 Å². The fraction of sp³-hybridized carbons (Fsp3) is 0.357. The van der Waals surface area contributed by atoms with Gasteiger partial charge in [-0.3, -0.25) is 9.59 Å². The molecule has 2 aromatic carbocycles. The first-order valence-electron chi connectivity index (χ1n) is 12.8. The summed E-state index contributed by atoms with van der Waals surface area (Å²) in [6, 6.07) is 12.6. The average molecular weight is 567 g/mol. The van der Waals surface area contributed by atoms with Crippen molar-refractivity contribution in [2.24, 2.45) is 10.9 Å². The zero-order valence-electron chi connectivity index (χ0n) is 23.3. The molecule has 1 fully saturated rings. The molecule has 1 aliphatic rings. The second-order valence-electron chi connectivity index (χ2n) is 10.3. The van der Waals surface area contributed by atoms with Crippen LogP contribution >= 0.6 is 0 Å². The fourth-order valence-corrected chi connectivity index (χ4v) is 3.93. The molecular formula is C28H34N6O7. The van der Waals surface area contributed by atoms with Gasteiger partial charge < -0.3 is 25.9 Å². The molecule has 2 atom stereocenters. The first kappa shape index (κ1) is 30.6. The van der Waals surface area contributed by atoms with Crippen LogP contribution in [-0.4, -0.2) is 70.4 Å². The minimum Gasteiger partial charge on any atom is -0.458 e. The summed E-state index contributed by atoms with van der Waals surface area (Å²) >= 11 is 0. The van der Waals surface area contributed by atoms with E-state index in [4.69, 9.17) is 15.3 Å². The third-order valence-corrected chi connectivity index (χ3v) is 5.80. The maximum Gasteiger partial charge on any atom is 0.408 e. The second kappa shape index (κ2) is 13.4. The Morgan fingerprint density at radius 2 is 1.76 bits per heavy atom. The van der Waals surface area contributed by atoms with Gasteiger partial charge in [0.25, 0.3) is 5.91 Å². The van der Waals surface area contributed by atoms with Gasteiger partial charge in [-0.05, 0) is 37.5 Å². The van der Waals surface area contributed by atoms with E-state index >= 15 is 0 Å². The van der Waals surface area contributed by atoms with Gasteiger partial charge in [0.05, 0.1) is 12.8 Å². The lowest BCUT2D eigenvalue weighted by atomic mass is 10.0. The van der Waals surface area contributed by atoms with Gasteiger partial charge >= 0.3 is 18.1 Å². The zero-order chi connectivity index (χ0) is 30.2. The van der Waals surface area contributed by atoms with Crippen molar-refractivity contribution in [3.05, 3.63) is 71.3 Å². The number of hydrazone groups is 1. The van der Waals surface area contributed by atoms with Crippen LogP contribution in [0.1, 0.15) is 44.4 Å². The van der Waals surface area contributed by atoms with Crippen molar-refractivity contribution in [2.75, 3.05) is 6.54 Å². The molecule has 1 saturated heterocycles. The van der Waals surface area contributed by atoms with Crippen LogP contribution in [0, 0.1) is 0 Å². The Balaban J connectivity index is 1.76. The number of esters is 1. The van der Waals surface area contributed by atoms with Crippen LogP contribution in [0.2, 0.25) is 0 Å². The SMILES string of the molecule is CC(=O)N(C[C@H](NC(=O)OCc1ccccc1)C(=O)OC(C)(C)C)N1C(=O)N[C@H](Cc2ccc(C=NN)cc2)C1=O. The number of nitrogens with zero attached hydrogens (tertiary/aromatic N) is 3. The summed E-state index contributed by atoms with van der Waals surface area (Å²) in [5.41, 5.74) is 1.28. The number of carbonyl (C=O) groups excluding carboxylic acids is 5. The predicted molar refractivity (Wildman–Crippen MR) is 148 cm³/mol. The fourth-order valence-electron chi connectivity index (χ4n) is 3.93. The average Bonchev–Trinajstić information content (AvgIpc) is 3.18. The number of hydrazine groups is 1. The van der Waals surface area contributed by atoms with E-state index in [1.54, 1.807) is 69.3 Å².